The van der Waals surface area contributed by atoms with E-state index in [2.05, 4.69) is 10.3 Å². The number of carbonyl (C=O) groups excluding carboxylic acids is 2. The molecule has 0 radical (unpaired) electrons. The van der Waals surface area contributed by atoms with E-state index in [0.717, 1.165) is 11.3 Å². The van der Waals surface area contributed by atoms with Crippen molar-refractivity contribution < 1.29 is 14.0 Å². The van der Waals surface area contributed by atoms with Gasteiger partial charge in [-0.3, -0.25) is 9.59 Å². The van der Waals surface area contributed by atoms with Crippen molar-refractivity contribution in [3.8, 4) is 0 Å². The zero-order valence-electron chi connectivity index (χ0n) is 17.4. The summed E-state index contributed by atoms with van der Waals surface area (Å²) in [6.07, 6.45) is 4.51. The fourth-order valence-electron chi connectivity index (χ4n) is 4.24. The number of amides is 2. The van der Waals surface area contributed by atoms with Gasteiger partial charge in [-0.05, 0) is 43.7 Å². The Morgan fingerprint density at radius 2 is 2.13 bits per heavy atom. The molecule has 0 unspecified atom stereocenters. The largest absolute Gasteiger partial charge is 0.355 e. The molecular formula is C23H24ClFN4O2. The van der Waals surface area contributed by atoms with Gasteiger partial charge in [-0.25, -0.2) is 9.37 Å². The number of likely N-dealkylation sites (tertiary alicyclic amines) is 1. The standard InChI is InChI=1S/C23H24ClFN4O2/c1-14(2)29-21(30)12-17(22(29)15-6-7-18(24)19(25)11-15)23(31)26-9-8-16-13-28-10-4-3-5-20(28)27-16/h3-7,10-11,13-14,17,22H,8-9,12H2,1-2H3,(H,26,31)/t17-,22+/m0/s1. The minimum Gasteiger partial charge on any atom is -0.355 e. The molecule has 1 N–H and O–H groups in total. The molecule has 1 fully saturated rings. The lowest BCUT2D eigenvalue weighted by molar-refractivity contribution is -0.130. The Morgan fingerprint density at radius 3 is 2.84 bits per heavy atom. The van der Waals surface area contributed by atoms with Crippen molar-refractivity contribution in [2.75, 3.05) is 6.54 Å². The predicted molar refractivity (Wildman–Crippen MR) is 116 cm³/mol. The van der Waals surface area contributed by atoms with E-state index in [9.17, 15) is 14.0 Å². The number of nitrogens with one attached hydrogen (secondary N) is 1. The quantitative estimate of drug-likeness (QED) is 0.631. The highest BCUT2D eigenvalue weighted by Gasteiger charge is 2.45. The number of fused-ring (bicyclic) bond motifs is 1. The number of carbonyl (C=O) groups is 2. The fraction of sp³-hybridized carbons (Fsp3) is 0.348. The van der Waals surface area contributed by atoms with Gasteiger partial charge in [0.25, 0.3) is 0 Å². The van der Waals surface area contributed by atoms with Crippen molar-refractivity contribution in [3.05, 3.63) is 70.9 Å². The molecule has 1 aliphatic heterocycles. The molecule has 0 saturated carbocycles. The second-order valence-electron chi connectivity index (χ2n) is 8.06. The van der Waals surface area contributed by atoms with Gasteiger partial charge >= 0.3 is 0 Å². The van der Waals surface area contributed by atoms with Crippen LogP contribution in [0.15, 0.2) is 48.8 Å². The molecule has 0 bridgehead atoms. The van der Waals surface area contributed by atoms with E-state index < -0.39 is 17.8 Å². The van der Waals surface area contributed by atoms with Crippen molar-refractivity contribution in [2.24, 2.45) is 5.92 Å². The Morgan fingerprint density at radius 1 is 1.32 bits per heavy atom. The number of benzene rings is 1. The predicted octanol–water partition coefficient (Wildman–Crippen LogP) is 3.78. The van der Waals surface area contributed by atoms with Crippen molar-refractivity contribution in [1.82, 2.24) is 19.6 Å². The van der Waals surface area contributed by atoms with Gasteiger partial charge in [-0.1, -0.05) is 23.7 Å². The molecular weight excluding hydrogens is 419 g/mol. The first kappa shape index (κ1) is 21.3. The number of hydrogen-bond acceptors (Lipinski definition) is 3. The Kier molecular flexibility index (Phi) is 5.96. The molecule has 2 amide bonds. The SMILES string of the molecule is CC(C)N1C(=O)C[C@H](C(=O)NCCc2cn3ccccc3n2)[C@H]1c1ccc(Cl)c(F)c1. The summed E-state index contributed by atoms with van der Waals surface area (Å²) in [7, 11) is 0. The number of halogens is 2. The maximum atomic E-state index is 14.1. The third kappa shape index (κ3) is 4.28. The van der Waals surface area contributed by atoms with E-state index in [0.29, 0.717) is 18.5 Å². The van der Waals surface area contributed by atoms with Crippen molar-refractivity contribution in [2.45, 2.75) is 38.8 Å². The van der Waals surface area contributed by atoms with Gasteiger partial charge < -0.3 is 14.6 Å². The molecule has 1 aliphatic rings. The van der Waals surface area contributed by atoms with Crippen LogP contribution in [0.25, 0.3) is 5.65 Å². The molecule has 1 saturated heterocycles. The summed E-state index contributed by atoms with van der Waals surface area (Å²) in [6.45, 7) is 4.18. The van der Waals surface area contributed by atoms with Gasteiger partial charge in [0.15, 0.2) is 0 Å². The summed E-state index contributed by atoms with van der Waals surface area (Å²) in [5.74, 6) is -1.50. The van der Waals surface area contributed by atoms with Crippen LogP contribution < -0.4 is 5.32 Å². The third-order valence-electron chi connectivity index (χ3n) is 5.64. The first-order valence-corrected chi connectivity index (χ1v) is 10.7. The van der Waals surface area contributed by atoms with Crippen LogP contribution in [0.3, 0.4) is 0 Å². The monoisotopic (exact) mass is 442 g/mol. The zero-order chi connectivity index (χ0) is 22.1. The molecule has 6 nitrogen and oxygen atoms in total. The van der Waals surface area contributed by atoms with Crippen LogP contribution in [0, 0.1) is 11.7 Å². The summed E-state index contributed by atoms with van der Waals surface area (Å²) in [6, 6.07) is 9.58. The van der Waals surface area contributed by atoms with Crippen LogP contribution in [-0.4, -0.2) is 38.7 Å². The van der Waals surface area contributed by atoms with Gasteiger partial charge in [0.1, 0.15) is 11.5 Å². The number of hydrogen-bond donors (Lipinski definition) is 1. The van der Waals surface area contributed by atoms with E-state index in [1.54, 1.807) is 11.0 Å². The summed E-state index contributed by atoms with van der Waals surface area (Å²) < 4.78 is 16.0. The molecule has 0 aliphatic carbocycles. The topological polar surface area (TPSA) is 66.7 Å². The molecule has 4 rings (SSSR count). The second-order valence-corrected chi connectivity index (χ2v) is 8.47. The first-order chi connectivity index (χ1) is 14.8. The first-order valence-electron chi connectivity index (χ1n) is 10.3. The smallest absolute Gasteiger partial charge is 0.226 e. The molecule has 0 spiro atoms. The Hall–Kier alpha value is -2.93. The number of pyridine rings is 1. The molecule has 2 atom stereocenters. The van der Waals surface area contributed by atoms with Crippen LogP contribution >= 0.6 is 11.6 Å². The molecule has 31 heavy (non-hydrogen) atoms. The average Bonchev–Trinajstić information content (AvgIpc) is 3.30. The highest BCUT2D eigenvalue weighted by atomic mass is 35.5. The summed E-state index contributed by atoms with van der Waals surface area (Å²) >= 11 is 5.83. The van der Waals surface area contributed by atoms with E-state index in [1.807, 2.05) is 48.8 Å². The minimum atomic E-state index is -0.600. The van der Waals surface area contributed by atoms with Crippen LogP contribution in [-0.2, 0) is 16.0 Å². The lowest BCUT2D eigenvalue weighted by Crippen LogP contribution is -2.39. The maximum absolute atomic E-state index is 14.1. The summed E-state index contributed by atoms with van der Waals surface area (Å²) in [4.78, 5) is 31.9. The van der Waals surface area contributed by atoms with Crippen molar-refractivity contribution >= 4 is 29.1 Å². The molecule has 8 heteroatoms. The number of rotatable bonds is 6. The number of nitrogens with zero attached hydrogens (tertiary/aromatic N) is 3. The van der Waals surface area contributed by atoms with Gasteiger partial charge in [0.2, 0.25) is 11.8 Å². The van der Waals surface area contributed by atoms with Crippen molar-refractivity contribution in [3.63, 3.8) is 0 Å². The van der Waals surface area contributed by atoms with E-state index in [1.165, 1.54) is 12.1 Å². The number of aromatic nitrogens is 2. The van der Waals surface area contributed by atoms with Crippen molar-refractivity contribution in [1.29, 1.82) is 0 Å². The van der Waals surface area contributed by atoms with Crippen LogP contribution in [0.4, 0.5) is 4.39 Å². The average molecular weight is 443 g/mol. The highest BCUT2D eigenvalue weighted by molar-refractivity contribution is 6.30. The van der Waals surface area contributed by atoms with Crippen LogP contribution in [0.1, 0.15) is 37.6 Å². The van der Waals surface area contributed by atoms with Crippen LogP contribution in [0.5, 0.6) is 0 Å². The molecule has 162 valence electrons. The Balaban J connectivity index is 1.49. The van der Waals surface area contributed by atoms with E-state index in [-0.39, 0.29) is 29.3 Å². The minimum absolute atomic E-state index is 0.0117. The van der Waals surface area contributed by atoms with E-state index >= 15 is 0 Å². The Labute approximate surface area is 185 Å². The van der Waals surface area contributed by atoms with E-state index in [4.69, 9.17) is 11.6 Å². The van der Waals surface area contributed by atoms with Crippen LogP contribution in [0.2, 0.25) is 5.02 Å². The summed E-state index contributed by atoms with van der Waals surface area (Å²) in [5.41, 5.74) is 2.29. The lowest BCUT2D eigenvalue weighted by atomic mass is 9.92. The second kappa shape index (κ2) is 8.67. The molecule has 2 aromatic heterocycles. The fourth-order valence-corrected chi connectivity index (χ4v) is 4.36. The van der Waals surface area contributed by atoms with Gasteiger partial charge in [0.05, 0.1) is 22.7 Å². The molecule has 3 heterocycles. The van der Waals surface area contributed by atoms with Gasteiger partial charge in [-0.2, -0.15) is 0 Å². The normalized spacial score (nSPS) is 18.9. The van der Waals surface area contributed by atoms with Gasteiger partial charge in [-0.15, -0.1) is 0 Å². The Bertz CT molecular complexity index is 1100. The molecule has 3 aromatic rings. The molecule has 1 aromatic carbocycles. The third-order valence-corrected chi connectivity index (χ3v) is 5.94. The zero-order valence-corrected chi connectivity index (χ0v) is 18.1. The highest BCUT2D eigenvalue weighted by Crippen LogP contribution is 2.40. The lowest BCUT2D eigenvalue weighted by Gasteiger charge is -2.31. The maximum Gasteiger partial charge on any atom is 0.226 e. The van der Waals surface area contributed by atoms with Gasteiger partial charge in [0, 0.05) is 37.8 Å². The summed E-state index contributed by atoms with van der Waals surface area (Å²) in [5, 5.41) is 2.95. The number of imidazole rings is 1.